The Balaban J connectivity index is 3.01. The van der Waals surface area contributed by atoms with Crippen LogP contribution in [0.2, 0.25) is 0 Å². The van der Waals surface area contributed by atoms with E-state index >= 15 is 0 Å². The van der Waals surface area contributed by atoms with Crippen molar-refractivity contribution in [3.05, 3.63) is 12.2 Å². The van der Waals surface area contributed by atoms with E-state index in [1.807, 2.05) is 0 Å². The Morgan fingerprint density at radius 1 is 0.348 bits per heavy atom. The Hall–Kier alpha value is -0.260. The summed E-state index contributed by atoms with van der Waals surface area (Å²) in [6, 6.07) is 0. The van der Waals surface area contributed by atoms with Crippen LogP contribution in [0.15, 0.2) is 12.2 Å². The van der Waals surface area contributed by atoms with Gasteiger partial charge in [0.05, 0.1) is 0 Å². The number of unbranched alkanes of at least 4 members (excludes halogenated alkanes) is 17. The van der Waals surface area contributed by atoms with E-state index in [9.17, 15) is 0 Å². The summed E-state index contributed by atoms with van der Waals surface area (Å²) in [6.45, 7) is 4.58. The van der Waals surface area contributed by atoms with Gasteiger partial charge < -0.3 is 0 Å². The Bertz CT molecular complexity index is 216. The normalized spacial score (nSPS) is 11.6. The Kier molecular flexibility index (Phi) is 21.5. The third-order valence-corrected chi connectivity index (χ3v) is 4.87. The lowest BCUT2D eigenvalue weighted by Gasteiger charge is -2.02. The van der Waals surface area contributed by atoms with Gasteiger partial charge in [-0.2, -0.15) is 0 Å². The van der Waals surface area contributed by atoms with Crippen molar-refractivity contribution in [3.8, 4) is 0 Å². The summed E-state index contributed by atoms with van der Waals surface area (Å²) < 4.78 is 0. The van der Waals surface area contributed by atoms with Crippen LogP contribution in [0.5, 0.6) is 0 Å². The first-order chi connectivity index (χ1) is 11.4. The molecule has 0 aliphatic carbocycles. The van der Waals surface area contributed by atoms with Crippen LogP contribution in [0.25, 0.3) is 0 Å². The second kappa shape index (κ2) is 21.7. The maximum Gasteiger partial charge on any atom is -0.0351 e. The first kappa shape index (κ1) is 22.7. The van der Waals surface area contributed by atoms with Crippen LogP contribution in [-0.2, 0) is 0 Å². The summed E-state index contributed by atoms with van der Waals surface area (Å²) in [5.74, 6) is 0. The van der Waals surface area contributed by atoms with Crippen LogP contribution in [0.4, 0.5) is 0 Å². The fourth-order valence-corrected chi connectivity index (χ4v) is 3.20. The lowest BCUT2D eigenvalue weighted by molar-refractivity contribution is 0.540. The third-order valence-electron chi connectivity index (χ3n) is 4.87. The van der Waals surface area contributed by atoms with Crippen molar-refractivity contribution < 1.29 is 0 Å². The minimum absolute atomic E-state index is 1.30. The van der Waals surface area contributed by atoms with E-state index in [1.165, 1.54) is 122 Å². The molecule has 0 aliphatic rings. The van der Waals surface area contributed by atoms with Crippen molar-refractivity contribution in [2.75, 3.05) is 0 Å². The Morgan fingerprint density at radius 2 is 0.609 bits per heavy atom. The van der Waals surface area contributed by atoms with E-state index in [0.717, 1.165) is 0 Å². The van der Waals surface area contributed by atoms with E-state index in [2.05, 4.69) is 26.0 Å². The van der Waals surface area contributed by atoms with E-state index in [1.54, 1.807) is 0 Å². The molecule has 0 radical (unpaired) electrons. The van der Waals surface area contributed by atoms with Gasteiger partial charge in [0, 0.05) is 0 Å². The van der Waals surface area contributed by atoms with Crippen LogP contribution >= 0.6 is 0 Å². The molecule has 0 saturated heterocycles. The maximum atomic E-state index is 2.42. The summed E-state index contributed by atoms with van der Waals surface area (Å²) in [4.78, 5) is 0. The molecule has 0 rings (SSSR count). The van der Waals surface area contributed by atoms with Crippen molar-refractivity contribution in [2.24, 2.45) is 0 Å². The molecule has 0 unspecified atom stereocenters. The van der Waals surface area contributed by atoms with Gasteiger partial charge in [0.25, 0.3) is 0 Å². The highest BCUT2D eigenvalue weighted by molar-refractivity contribution is 4.81. The molecule has 0 heterocycles. The minimum atomic E-state index is 1.30. The predicted molar refractivity (Wildman–Crippen MR) is 108 cm³/mol. The number of hydrogen-bond acceptors (Lipinski definition) is 0. The standard InChI is InChI=1S/C23H46/c1-3-5-7-9-11-13-15-17-19-21-23-22-20-18-16-14-12-10-8-6-4-2/h13,15H,3-12,14,16-23H2,1-2H3/b15-13-. The van der Waals surface area contributed by atoms with Gasteiger partial charge in [-0.3, -0.25) is 0 Å². The van der Waals surface area contributed by atoms with Gasteiger partial charge in [-0.1, -0.05) is 122 Å². The molecular weight excluding hydrogens is 276 g/mol. The Labute approximate surface area is 148 Å². The highest BCUT2D eigenvalue weighted by Gasteiger charge is 1.93. The SMILES string of the molecule is CCCCCC/C=C\CCCCCCCCCCCCCCC. The summed E-state index contributed by atoms with van der Waals surface area (Å²) in [6.07, 6.45) is 31.9. The molecule has 0 amide bonds. The lowest BCUT2D eigenvalue weighted by Crippen LogP contribution is -1.82. The molecule has 0 saturated carbocycles. The van der Waals surface area contributed by atoms with E-state index in [0.29, 0.717) is 0 Å². The van der Waals surface area contributed by atoms with Gasteiger partial charge in [0.15, 0.2) is 0 Å². The monoisotopic (exact) mass is 322 g/mol. The second-order valence-electron chi connectivity index (χ2n) is 7.35. The van der Waals surface area contributed by atoms with E-state index in [4.69, 9.17) is 0 Å². The molecule has 0 aliphatic heterocycles. The lowest BCUT2D eigenvalue weighted by atomic mass is 10.0. The molecule has 0 aromatic rings. The number of allylic oxidation sites excluding steroid dienone is 2. The van der Waals surface area contributed by atoms with Gasteiger partial charge >= 0.3 is 0 Å². The van der Waals surface area contributed by atoms with Gasteiger partial charge in [-0.15, -0.1) is 0 Å². The van der Waals surface area contributed by atoms with Crippen molar-refractivity contribution in [1.29, 1.82) is 0 Å². The number of rotatable bonds is 19. The van der Waals surface area contributed by atoms with Crippen LogP contribution in [0.1, 0.15) is 136 Å². The molecule has 0 fully saturated rings. The molecule has 0 spiro atoms. The molecule has 138 valence electrons. The molecule has 0 atom stereocenters. The predicted octanol–water partition coefficient (Wildman–Crippen LogP) is 8.99. The minimum Gasteiger partial charge on any atom is -0.0885 e. The number of hydrogen-bond donors (Lipinski definition) is 0. The zero-order valence-corrected chi connectivity index (χ0v) is 16.6. The molecule has 0 aromatic carbocycles. The van der Waals surface area contributed by atoms with Crippen molar-refractivity contribution in [3.63, 3.8) is 0 Å². The van der Waals surface area contributed by atoms with Crippen molar-refractivity contribution in [1.82, 2.24) is 0 Å². The molecule has 0 bridgehead atoms. The smallest absolute Gasteiger partial charge is 0.0351 e. The Morgan fingerprint density at radius 3 is 0.957 bits per heavy atom. The highest BCUT2D eigenvalue weighted by atomic mass is 14.0. The molecule has 0 aromatic heterocycles. The summed E-state index contributed by atoms with van der Waals surface area (Å²) in [5, 5.41) is 0. The topological polar surface area (TPSA) is 0 Å². The third kappa shape index (κ3) is 21.7. The zero-order chi connectivity index (χ0) is 16.8. The fourth-order valence-electron chi connectivity index (χ4n) is 3.20. The van der Waals surface area contributed by atoms with Gasteiger partial charge in [0.1, 0.15) is 0 Å². The van der Waals surface area contributed by atoms with Gasteiger partial charge in [0.2, 0.25) is 0 Å². The van der Waals surface area contributed by atoms with Crippen molar-refractivity contribution in [2.45, 2.75) is 136 Å². The highest BCUT2D eigenvalue weighted by Crippen LogP contribution is 2.13. The van der Waals surface area contributed by atoms with Gasteiger partial charge in [-0.25, -0.2) is 0 Å². The molecule has 0 nitrogen and oxygen atoms in total. The second-order valence-corrected chi connectivity index (χ2v) is 7.35. The molecule has 0 N–H and O–H groups in total. The summed E-state index contributed by atoms with van der Waals surface area (Å²) >= 11 is 0. The van der Waals surface area contributed by atoms with E-state index < -0.39 is 0 Å². The first-order valence-electron chi connectivity index (χ1n) is 11.1. The van der Waals surface area contributed by atoms with Crippen LogP contribution in [0, 0.1) is 0 Å². The molecule has 0 heteroatoms. The molecular formula is C23H46. The van der Waals surface area contributed by atoms with E-state index in [-0.39, 0.29) is 0 Å². The quantitative estimate of drug-likeness (QED) is 0.164. The molecule has 23 heavy (non-hydrogen) atoms. The first-order valence-corrected chi connectivity index (χ1v) is 11.1. The van der Waals surface area contributed by atoms with Crippen molar-refractivity contribution >= 4 is 0 Å². The summed E-state index contributed by atoms with van der Waals surface area (Å²) in [5.41, 5.74) is 0. The summed E-state index contributed by atoms with van der Waals surface area (Å²) in [7, 11) is 0. The van der Waals surface area contributed by atoms with Crippen LogP contribution < -0.4 is 0 Å². The fraction of sp³-hybridized carbons (Fsp3) is 0.913. The maximum absolute atomic E-state index is 2.42. The largest absolute Gasteiger partial charge is 0.0885 e. The average molecular weight is 323 g/mol. The van der Waals surface area contributed by atoms with Gasteiger partial charge in [-0.05, 0) is 25.7 Å². The van der Waals surface area contributed by atoms with Crippen LogP contribution in [-0.4, -0.2) is 0 Å². The van der Waals surface area contributed by atoms with Crippen LogP contribution in [0.3, 0.4) is 0 Å². The average Bonchev–Trinajstić information content (AvgIpc) is 2.57. The zero-order valence-electron chi connectivity index (χ0n) is 16.6.